The van der Waals surface area contributed by atoms with Gasteiger partial charge in [-0.3, -0.25) is 4.79 Å². The fourth-order valence-electron chi connectivity index (χ4n) is 2.03. The van der Waals surface area contributed by atoms with Gasteiger partial charge in [-0.15, -0.1) is 0 Å². The summed E-state index contributed by atoms with van der Waals surface area (Å²) in [6.07, 6.45) is 0.948. The molecule has 0 aliphatic carbocycles. The standard InChI is InChI=1S/C17H19ClN2O/c1-3-13-5-4-6-15(9-13)20-17(21)11-19-16-10-14(18)8-7-12(16)2/h4-10,19H,3,11H2,1-2H3,(H,20,21). The van der Waals surface area contributed by atoms with Gasteiger partial charge >= 0.3 is 0 Å². The molecule has 0 saturated heterocycles. The summed E-state index contributed by atoms with van der Waals surface area (Å²) in [5.41, 5.74) is 3.95. The zero-order chi connectivity index (χ0) is 15.2. The highest BCUT2D eigenvalue weighted by molar-refractivity contribution is 6.30. The van der Waals surface area contributed by atoms with Crippen molar-refractivity contribution >= 4 is 28.9 Å². The monoisotopic (exact) mass is 302 g/mol. The summed E-state index contributed by atoms with van der Waals surface area (Å²) in [5.74, 6) is -0.0809. The van der Waals surface area contributed by atoms with Crippen LogP contribution in [-0.4, -0.2) is 12.5 Å². The molecule has 0 spiro atoms. The Labute approximate surface area is 130 Å². The molecule has 0 atom stereocenters. The van der Waals surface area contributed by atoms with Crippen LogP contribution in [0.25, 0.3) is 0 Å². The predicted octanol–water partition coefficient (Wildman–Crippen LogP) is 4.26. The Morgan fingerprint density at radius 1 is 1.19 bits per heavy atom. The first-order valence-electron chi connectivity index (χ1n) is 6.97. The van der Waals surface area contributed by atoms with E-state index in [9.17, 15) is 4.79 Å². The molecular formula is C17H19ClN2O. The summed E-state index contributed by atoms with van der Waals surface area (Å²) >= 11 is 5.95. The fraction of sp³-hybridized carbons (Fsp3) is 0.235. The van der Waals surface area contributed by atoms with Crippen molar-refractivity contribution < 1.29 is 4.79 Å². The van der Waals surface area contributed by atoms with E-state index < -0.39 is 0 Å². The third kappa shape index (κ3) is 4.50. The van der Waals surface area contributed by atoms with Crippen molar-refractivity contribution in [2.45, 2.75) is 20.3 Å². The molecule has 0 unspecified atom stereocenters. The number of anilines is 2. The van der Waals surface area contributed by atoms with Gasteiger partial charge in [0.15, 0.2) is 0 Å². The predicted molar refractivity (Wildman–Crippen MR) is 89.1 cm³/mol. The molecule has 0 aliphatic heterocycles. The van der Waals surface area contributed by atoms with Gasteiger partial charge in [-0.25, -0.2) is 0 Å². The highest BCUT2D eigenvalue weighted by Gasteiger charge is 2.05. The largest absolute Gasteiger partial charge is 0.376 e. The lowest BCUT2D eigenvalue weighted by atomic mass is 10.1. The Morgan fingerprint density at radius 3 is 2.76 bits per heavy atom. The number of rotatable bonds is 5. The number of benzene rings is 2. The SMILES string of the molecule is CCc1cccc(NC(=O)CNc2cc(Cl)ccc2C)c1. The highest BCUT2D eigenvalue weighted by Crippen LogP contribution is 2.20. The number of amides is 1. The molecule has 0 fully saturated rings. The minimum atomic E-state index is -0.0809. The average molecular weight is 303 g/mol. The van der Waals surface area contributed by atoms with Crippen molar-refractivity contribution in [3.05, 3.63) is 58.6 Å². The molecule has 0 heterocycles. The lowest BCUT2D eigenvalue weighted by Crippen LogP contribution is -2.22. The number of halogens is 1. The summed E-state index contributed by atoms with van der Waals surface area (Å²) in [4.78, 5) is 12.0. The first kappa shape index (κ1) is 15.4. The van der Waals surface area contributed by atoms with E-state index in [1.54, 1.807) is 0 Å². The zero-order valence-electron chi connectivity index (χ0n) is 12.2. The fourth-order valence-corrected chi connectivity index (χ4v) is 2.21. The van der Waals surface area contributed by atoms with E-state index in [0.717, 1.165) is 23.4 Å². The summed E-state index contributed by atoms with van der Waals surface area (Å²) in [7, 11) is 0. The van der Waals surface area contributed by atoms with Crippen molar-refractivity contribution in [2.24, 2.45) is 0 Å². The lowest BCUT2D eigenvalue weighted by molar-refractivity contribution is -0.114. The van der Waals surface area contributed by atoms with E-state index >= 15 is 0 Å². The normalized spacial score (nSPS) is 10.2. The van der Waals surface area contributed by atoms with E-state index in [-0.39, 0.29) is 12.5 Å². The molecule has 0 saturated carbocycles. The number of hydrogen-bond donors (Lipinski definition) is 2. The number of hydrogen-bond acceptors (Lipinski definition) is 2. The summed E-state index contributed by atoms with van der Waals surface area (Å²) in [5, 5.41) is 6.64. The molecule has 3 nitrogen and oxygen atoms in total. The zero-order valence-corrected chi connectivity index (χ0v) is 13.0. The van der Waals surface area contributed by atoms with Gasteiger partial charge in [0.1, 0.15) is 0 Å². The van der Waals surface area contributed by atoms with Crippen molar-refractivity contribution in [1.29, 1.82) is 0 Å². The molecule has 0 radical (unpaired) electrons. The second-order valence-electron chi connectivity index (χ2n) is 4.91. The Kier molecular flexibility index (Phi) is 5.23. The van der Waals surface area contributed by atoms with E-state index in [0.29, 0.717) is 5.02 Å². The van der Waals surface area contributed by atoms with Crippen LogP contribution < -0.4 is 10.6 Å². The maximum absolute atomic E-state index is 12.0. The van der Waals surface area contributed by atoms with E-state index in [1.165, 1.54) is 5.56 Å². The van der Waals surface area contributed by atoms with Crippen LogP contribution in [0.1, 0.15) is 18.1 Å². The molecule has 4 heteroatoms. The average Bonchev–Trinajstić information content (AvgIpc) is 2.48. The highest BCUT2D eigenvalue weighted by atomic mass is 35.5. The Morgan fingerprint density at radius 2 is 2.00 bits per heavy atom. The van der Waals surface area contributed by atoms with E-state index in [1.807, 2.05) is 49.4 Å². The lowest BCUT2D eigenvalue weighted by Gasteiger charge is -2.11. The maximum Gasteiger partial charge on any atom is 0.243 e. The first-order chi connectivity index (χ1) is 10.1. The van der Waals surface area contributed by atoms with Gasteiger partial charge in [-0.2, -0.15) is 0 Å². The third-order valence-corrected chi connectivity index (χ3v) is 3.49. The Balaban J connectivity index is 1.94. The second kappa shape index (κ2) is 7.14. The van der Waals surface area contributed by atoms with Crippen LogP contribution in [0, 0.1) is 6.92 Å². The van der Waals surface area contributed by atoms with E-state index in [4.69, 9.17) is 11.6 Å². The van der Waals surface area contributed by atoms with Crippen molar-refractivity contribution in [2.75, 3.05) is 17.2 Å². The minimum absolute atomic E-state index is 0.0809. The molecular weight excluding hydrogens is 284 g/mol. The van der Waals surface area contributed by atoms with Crippen LogP contribution in [0.5, 0.6) is 0 Å². The van der Waals surface area contributed by atoms with Crippen LogP contribution in [-0.2, 0) is 11.2 Å². The van der Waals surface area contributed by atoms with E-state index in [2.05, 4.69) is 17.6 Å². The van der Waals surface area contributed by atoms with Gasteiger partial charge in [-0.1, -0.05) is 36.7 Å². The maximum atomic E-state index is 12.0. The summed E-state index contributed by atoms with van der Waals surface area (Å²) in [6.45, 7) is 4.27. The van der Waals surface area contributed by atoms with Crippen LogP contribution in [0.4, 0.5) is 11.4 Å². The molecule has 2 rings (SSSR count). The van der Waals surface area contributed by atoms with Crippen LogP contribution >= 0.6 is 11.6 Å². The molecule has 21 heavy (non-hydrogen) atoms. The molecule has 0 aliphatic rings. The molecule has 2 N–H and O–H groups in total. The molecule has 2 aromatic rings. The number of carbonyl (C=O) groups excluding carboxylic acids is 1. The van der Waals surface area contributed by atoms with Gasteiger partial charge in [0.25, 0.3) is 0 Å². The van der Waals surface area contributed by atoms with Crippen LogP contribution in [0.2, 0.25) is 5.02 Å². The molecule has 2 aromatic carbocycles. The second-order valence-corrected chi connectivity index (χ2v) is 5.35. The van der Waals surface area contributed by atoms with Crippen LogP contribution in [0.3, 0.4) is 0 Å². The molecule has 110 valence electrons. The first-order valence-corrected chi connectivity index (χ1v) is 7.35. The van der Waals surface area contributed by atoms with Crippen molar-refractivity contribution in [3.8, 4) is 0 Å². The van der Waals surface area contributed by atoms with Gasteiger partial charge in [0.05, 0.1) is 6.54 Å². The van der Waals surface area contributed by atoms with Crippen molar-refractivity contribution in [1.82, 2.24) is 0 Å². The Bertz CT molecular complexity index is 640. The van der Waals surface area contributed by atoms with Gasteiger partial charge in [0.2, 0.25) is 5.91 Å². The number of carbonyl (C=O) groups is 1. The quantitative estimate of drug-likeness (QED) is 0.866. The van der Waals surface area contributed by atoms with Gasteiger partial charge < -0.3 is 10.6 Å². The van der Waals surface area contributed by atoms with Crippen molar-refractivity contribution in [3.63, 3.8) is 0 Å². The third-order valence-electron chi connectivity index (χ3n) is 3.26. The molecule has 0 bridgehead atoms. The topological polar surface area (TPSA) is 41.1 Å². The van der Waals surface area contributed by atoms with Gasteiger partial charge in [-0.05, 0) is 48.7 Å². The smallest absolute Gasteiger partial charge is 0.243 e. The van der Waals surface area contributed by atoms with Gasteiger partial charge in [0, 0.05) is 16.4 Å². The summed E-state index contributed by atoms with van der Waals surface area (Å²) < 4.78 is 0. The molecule has 1 amide bonds. The molecule has 0 aromatic heterocycles. The minimum Gasteiger partial charge on any atom is -0.376 e. The summed E-state index contributed by atoms with van der Waals surface area (Å²) in [6, 6.07) is 13.4. The number of aryl methyl sites for hydroxylation is 2. The Hall–Kier alpha value is -2.00. The number of nitrogens with one attached hydrogen (secondary N) is 2. The van der Waals surface area contributed by atoms with Crippen LogP contribution in [0.15, 0.2) is 42.5 Å².